The first-order chi connectivity index (χ1) is 11.7. The molecule has 0 spiro atoms. The molecule has 6 nitrogen and oxygen atoms in total. The molecule has 1 aliphatic heterocycles. The summed E-state index contributed by atoms with van der Waals surface area (Å²) in [5.74, 6) is -0.228. The first kappa shape index (κ1) is 20.2. The van der Waals surface area contributed by atoms with Crippen molar-refractivity contribution in [1.29, 1.82) is 0 Å². The van der Waals surface area contributed by atoms with Crippen LogP contribution < -0.4 is 5.32 Å². The molecule has 0 unspecified atom stereocenters. The number of ether oxygens (including phenoxy) is 1. The molecule has 2 rings (SSSR count). The molecule has 140 valence electrons. The van der Waals surface area contributed by atoms with Crippen LogP contribution in [0, 0.1) is 5.82 Å². The Bertz CT molecular complexity index is 687. The number of halogens is 1. The fourth-order valence-corrected chi connectivity index (χ4v) is 4.24. The Morgan fingerprint density at radius 1 is 1.32 bits per heavy atom. The summed E-state index contributed by atoms with van der Waals surface area (Å²) in [7, 11) is -1.62. The average molecular weight is 391 g/mol. The van der Waals surface area contributed by atoms with Crippen LogP contribution in [0.3, 0.4) is 0 Å². The maximum atomic E-state index is 12.9. The highest BCUT2D eigenvalue weighted by Gasteiger charge is 2.37. The van der Waals surface area contributed by atoms with Gasteiger partial charge in [0.2, 0.25) is 15.9 Å². The van der Waals surface area contributed by atoms with Crippen molar-refractivity contribution in [2.24, 2.45) is 0 Å². The van der Waals surface area contributed by atoms with Crippen LogP contribution in [0.15, 0.2) is 29.2 Å². The Hall–Kier alpha value is -1.16. The molecule has 0 atom stereocenters. The van der Waals surface area contributed by atoms with Crippen molar-refractivity contribution in [1.82, 2.24) is 9.62 Å². The van der Waals surface area contributed by atoms with Crippen molar-refractivity contribution >= 4 is 27.7 Å². The van der Waals surface area contributed by atoms with Crippen molar-refractivity contribution in [2.75, 3.05) is 38.8 Å². The number of nitrogens with zero attached hydrogens (tertiary/aromatic N) is 1. The summed E-state index contributed by atoms with van der Waals surface area (Å²) in [5.41, 5.74) is -0.544. The second-order valence-electron chi connectivity index (χ2n) is 6.07. The summed E-state index contributed by atoms with van der Waals surface area (Å²) in [4.78, 5) is 12.9. The highest BCUT2D eigenvalue weighted by Crippen LogP contribution is 2.26. The van der Waals surface area contributed by atoms with E-state index in [1.165, 1.54) is 34.5 Å². The number of rotatable bonds is 7. The molecule has 0 bridgehead atoms. The Balaban J connectivity index is 1.80. The van der Waals surface area contributed by atoms with Crippen LogP contribution in [-0.2, 0) is 19.6 Å². The van der Waals surface area contributed by atoms with Gasteiger partial charge < -0.3 is 10.1 Å². The molecule has 1 heterocycles. The standard InChI is InChI=1S/C16H23FN2O4S2/c1-23-16(7-9-19(10-8-16)25(2,21)22)12-18-15(20)11-24-14-5-3-13(17)4-6-14/h3-6H,7-12H2,1-2H3,(H,18,20). The number of hydrogen-bond acceptors (Lipinski definition) is 5. The minimum atomic E-state index is -3.20. The van der Waals surface area contributed by atoms with E-state index in [1.54, 1.807) is 19.2 Å². The molecule has 0 saturated carbocycles. The summed E-state index contributed by atoms with van der Waals surface area (Å²) in [6.45, 7) is 1.10. The predicted octanol–water partition coefficient (Wildman–Crippen LogP) is 1.47. The van der Waals surface area contributed by atoms with Gasteiger partial charge in [-0.1, -0.05) is 0 Å². The molecule has 1 N–H and O–H groups in total. The second kappa shape index (κ2) is 8.48. The summed E-state index contributed by atoms with van der Waals surface area (Å²) in [6.07, 6.45) is 2.26. The minimum absolute atomic E-state index is 0.142. The maximum Gasteiger partial charge on any atom is 0.230 e. The van der Waals surface area contributed by atoms with Crippen LogP contribution in [0.2, 0.25) is 0 Å². The number of thioether (sulfide) groups is 1. The van der Waals surface area contributed by atoms with Gasteiger partial charge in [-0.3, -0.25) is 4.79 Å². The van der Waals surface area contributed by atoms with Crippen molar-refractivity contribution < 1.29 is 22.3 Å². The topological polar surface area (TPSA) is 75.7 Å². The van der Waals surface area contributed by atoms with Crippen LogP contribution in [0.25, 0.3) is 0 Å². The zero-order chi connectivity index (χ0) is 18.5. The van der Waals surface area contributed by atoms with Gasteiger partial charge in [0.25, 0.3) is 0 Å². The monoisotopic (exact) mass is 390 g/mol. The SMILES string of the molecule is COC1(CNC(=O)CSc2ccc(F)cc2)CCN(S(C)(=O)=O)CC1. The van der Waals surface area contributed by atoms with E-state index in [2.05, 4.69) is 5.32 Å². The first-order valence-electron chi connectivity index (χ1n) is 7.89. The lowest BCUT2D eigenvalue weighted by molar-refractivity contribution is -0.121. The summed E-state index contributed by atoms with van der Waals surface area (Å²) in [6, 6.07) is 5.97. The minimum Gasteiger partial charge on any atom is -0.376 e. The molecular weight excluding hydrogens is 367 g/mol. The van der Waals surface area contributed by atoms with E-state index in [4.69, 9.17) is 4.74 Å². The molecule has 1 saturated heterocycles. The number of carbonyl (C=O) groups excluding carboxylic acids is 1. The largest absolute Gasteiger partial charge is 0.376 e. The Morgan fingerprint density at radius 2 is 1.92 bits per heavy atom. The smallest absolute Gasteiger partial charge is 0.230 e. The number of sulfonamides is 1. The lowest BCUT2D eigenvalue weighted by Gasteiger charge is -2.39. The van der Waals surface area contributed by atoms with Gasteiger partial charge >= 0.3 is 0 Å². The van der Waals surface area contributed by atoms with Crippen LogP contribution >= 0.6 is 11.8 Å². The van der Waals surface area contributed by atoms with Gasteiger partial charge in [-0.05, 0) is 37.1 Å². The molecule has 0 radical (unpaired) electrons. The lowest BCUT2D eigenvalue weighted by atomic mass is 9.92. The van der Waals surface area contributed by atoms with Crippen LogP contribution in [-0.4, -0.2) is 63.0 Å². The number of amides is 1. The third-order valence-corrected chi connectivity index (χ3v) is 6.64. The fourth-order valence-electron chi connectivity index (χ4n) is 2.67. The van der Waals surface area contributed by atoms with Gasteiger partial charge in [0.1, 0.15) is 5.82 Å². The van der Waals surface area contributed by atoms with Crippen LogP contribution in [0.5, 0.6) is 0 Å². The molecule has 0 aromatic heterocycles. The van der Waals surface area contributed by atoms with Crippen LogP contribution in [0.1, 0.15) is 12.8 Å². The molecule has 1 aromatic rings. The van der Waals surface area contributed by atoms with E-state index in [0.717, 1.165) is 4.90 Å². The van der Waals surface area contributed by atoms with Gasteiger partial charge in [-0.25, -0.2) is 17.1 Å². The number of nitrogens with one attached hydrogen (secondary N) is 1. The van der Waals surface area contributed by atoms with E-state index in [-0.39, 0.29) is 17.5 Å². The molecule has 1 aliphatic rings. The lowest BCUT2D eigenvalue weighted by Crippen LogP contribution is -2.53. The van der Waals surface area contributed by atoms with Crippen LogP contribution in [0.4, 0.5) is 4.39 Å². The number of piperidine rings is 1. The van der Waals surface area contributed by atoms with Gasteiger partial charge in [0, 0.05) is 31.6 Å². The summed E-state index contributed by atoms with van der Waals surface area (Å²) < 4.78 is 43.0. The van der Waals surface area contributed by atoms with Crippen molar-refractivity contribution in [3.63, 3.8) is 0 Å². The Kier molecular flexibility index (Phi) is 6.84. The quantitative estimate of drug-likeness (QED) is 0.714. The fraction of sp³-hybridized carbons (Fsp3) is 0.562. The van der Waals surface area contributed by atoms with Gasteiger partial charge in [-0.2, -0.15) is 0 Å². The number of carbonyl (C=O) groups is 1. The second-order valence-corrected chi connectivity index (χ2v) is 9.10. The summed E-state index contributed by atoms with van der Waals surface area (Å²) >= 11 is 1.33. The number of benzene rings is 1. The third-order valence-electron chi connectivity index (χ3n) is 4.33. The highest BCUT2D eigenvalue weighted by molar-refractivity contribution is 8.00. The van der Waals surface area contributed by atoms with Gasteiger partial charge in [-0.15, -0.1) is 11.8 Å². The normalized spacial score (nSPS) is 18.0. The number of methoxy groups -OCH3 is 1. The summed E-state index contributed by atoms with van der Waals surface area (Å²) in [5, 5.41) is 2.85. The van der Waals surface area contributed by atoms with Crippen molar-refractivity contribution in [2.45, 2.75) is 23.3 Å². The molecule has 25 heavy (non-hydrogen) atoms. The molecule has 1 amide bonds. The first-order valence-corrected chi connectivity index (χ1v) is 10.7. The third kappa shape index (κ3) is 5.95. The van der Waals surface area contributed by atoms with Crippen molar-refractivity contribution in [3.05, 3.63) is 30.1 Å². The Morgan fingerprint density at radius 3 is 2.44 bits per heavy atom. The zero-order valence-corrected chi connectivity index (χ0v) is 16.0. The van der Waals surface area contributed by atoms with E-state index in [1.807, 2.05) is 0 Å². The van der Waals surface area contributed by atoms with Crippen molar-refractivity contribution in [3.8, 4) is 0 Å². The molecular formula is C16H23FN2O4S2. The molecule has 9 heteroatoms. The molecule has 0 aliphatic carbocycles. The highest BCUT2D eigenvalue weighted by atomic mass is 32.2. The maximum absolute atomic E-state index is 12.9. The average Bonchev–Trinajstić information content (AvgIpc) is 2.59. The van der Waals surface area contributed by atoms with Gasteiger partial charge in [0.05, 0.1) is 17.6 Å². The zero-order valence-electron chi connectivity index (χ0n) is 14.3. The van der Waals surface area contributed by atoms with Gasteiger partial charge in [0.15, 0.2) is 0 Å². The van der Waals surface area contributed by atoms with E-state index in [0.29, 0.717) is 32.5 Å². The van der Waals surface area contributed by atoms with E-state index in [9.17, 15) is 17.6 Å². The number of hydrogen-bond donors (Lipinski definition) is 1. The predicted molar refractivity (Wildman–Crippen MR) is 95.5 cm³/mol. The Labute approximate surface area is 152 Å². The van der Waals surface area contributed by atoms with E-state index >= 15 is 0 Å². The molecule has 1 fully saturated rings. The van der Waals surface area contributed by atoms with E-state index < -0.39 is 15.6 Å². The molecule has 1 aromatic carbocycles.